The van der Waals surface area contributed by atoms with Crippen LogP contribution in [0.3, 0.4) is 0 Å². The maximum Gasteiger partial charge on any atom is 0.346 e. The minimum absolute atomic E-state index is 0.0913. The second-order valence-electron chi connectivity index (χ2n) is 6.69. The van der Waals surface area contributed by atoms with Crippen LogP contribution in [-0.4, -0.2) is 40.4 Å². The van der Waals surface area contributed by atoms with Gasteiger partial charge in [0, 0.05) is 37.3 Å². The van der Waals surface area contributed by atoms with Gasteiger partial charge in [-0.15, -0.1) is 0 Å². The molecule has 2 aliphatic rings. The summed E-state index contributed by atoms with van der Waals surface area (Å²) in [5.41, 5.74) is 0.490. The van der Waals surface area contributed by atoms with E-state index < -0.39 is 18.7 Å². The zero-order valence-electron chi connectivity index (χ0n) is 15.2. The third-order valence-corrected chi connectivity index (χ3v) is 7.62. The Balaban J connectivity index is 1.59. The van der Waals surface area contributed by atoms with E-state index in [9.17, 15) is 14.7 Å². The standard InChI is InChI=1S/C18H19ClN3O5P/c1-13(27-28(25,20-8-9-20)21-10-11-21)14-2-7-17(22(23)24)18(12-14)26-16-5-3-15(19)4-6-16/h2-7,12-13H,8-11H2,1H3. The first-order valence-corrected chi connectivity index (χ1v) is 10.8. The van der Waals surface area contributed by atoms with Crippen LogP contribution in [0.2, 0.25) is 5.02 Å². The summed E-state index contributed by atoms with van der Waals surface area (Å²) in [6.45, 7) is 4.81. The highest BCUT2D eigenvalue weighted by Gasteiger charge is 2.50. The first-order valence-electron chi connectivity index (χ1n) is 8.88. The number of nitro groups is 1. The van der Waals surface area contributed by atoms with Gasteiger partial charge in [0.25, 0.3) is 0 Å². The van der Waals surface area contributed by atoms with Crippen molar-refractivity contribution in [2.24, 2.45) is 0 Å². The van der Waals surface area contributed by atoms with Gasteiger partial charge in [-0.2, -0.15) is 0 Å². The Kier molecular flexibility index (Phi) is 5.16. The molecule has 0 bridgehead atoms. The highest BCUT2D eigenvalue weighted by molar-refractivity contribution is 7.54. The second kappa shape index (κ2) is 7.46. The number of halogens is 1. The minimum Gasteiger partial charge on any atom is -0.450 e. The largest absolute Gasteiger partial charge is 0.450 e. The van der Waals surface area contributed by atoms with Crippen LogP contribution in [0.1, 0.15) is 18.6 Å². The van der Waals surface area contributed by atoms with E-state index in [4.69, 9.17) is 20.9 Å². The SMILES string of the molecule is CC(OP(=O)(N1CC1)N1CC1)c1ccc([N+](=O)[O-])c(Oc2ccc(Cl)cc2)c1. The molecule has 2 aromatic rings. The zero-order chi connectivity index (χ0) is 19.9. The first kappa shape index (κ1) is 19.4. The number of hydrogen-bond acceptors (Lipinski definition) is 5. The van der Waals surface area contributed by atoms with Crippen LogP contribution in [0.4, 0.5) is 5.69 Å². The molecule has 1 atom stereocenters. The fourth-order valence-corrected chi connectivity index (χ4v) is 5.29. The predicted octanol–water partition coefficient (Wildman–Crippen LogP) is 4.86. The van der Waals surface area contributed by atoms with Crippen LogP contribution in [0.15, 0.2) is 42.5 Å². The Bertz CT molecular complexity index is 931. The van der Waals surface area contributed by atoms with E-state index in [0.29, 0.717) is 16.3 Å². The van der Waals surface area contributed by atoms with Crippen molar-refractivity contribution in [1.82, 2.24) is 9.34 Å². The van der Waals surface area contributed by atoms with Crippen molar-refractivity contribution in [3.8, 4) is 11.5 Å². The Morgan fingerprint density at radius 3 is 2.25 bits per heavy atom. The molecule has 4 rings (SSSR count). The van der Waals surface area contributed by atoms with Gasteiger partial charge < -0.3 is 4.74 Å². The fourth-order valence-electron chi connectivity index (χ4n) is 2.82. The lowest BCUT2D eigenvalue weighted by Crippen LogP contribution is -2.10. The lowest BCUT2D eigenvalue weighted by Gasteiger charge is -2.24. The van der Waals surface area contributed by atoms with E-state index in [1.54, 1.807) is 43.3 Å². The molecule has 2 aromatic carbocycles. The third-order valence-electron chi connectivity index (χ3n) is 4.55. The highest BCUT2D eigenvalue weighted by atomic mass is 35.5. The van der Waals surface area contributed by atoms with Crippen LogP contribution in [-0.2, 0) is 9.09 Å². The molecule has 2 saturated heterocycles. The van der Waals surface area contributed by atoms with E-state index >= 15 is 0 Å². The number of nitro benzene ring substituents is 1. The number of benzene rings is 2. The normalized spacial score (nSPS) is 17.9. The summed E-state index contributed by atoms with van der Waals surface area (Å²) < 4.78 is 28.5. The molecule has 0 saturated carbocycles. The molecule has 10 heteroatoms. The van der Waals surface area contributed by atoms with Crippen molar-refractivity contribution in [3.05, 3.63) is 63.2 Å². The number of hydrogen-bond donors (Lipinski definition) is 0. The van der Waals surface area contributed by atoms with E-state index in [2.05, 4.69) is 0 Å². The summed E-state index contributed by atoms with van der Waals surface area (Å²) in [5.74, 6) is 0.519. The minimum atomic E-state index is -3.00. The molecule has 0 aliphatic carbocycles. The van der Waals surface area contributed by atoms with Crippen molar-refractivity contribution in [2.75, 3.05) is 26.2 Å². The van der Waals surface area contributed by atoms with Crippen molar-refractivity contribution in [1.29, 1.82) is 0 Å². The van der Waals surface area contributed by atoms with Crippen LogP contribution in [0.5, 0.6) is 11.5 Å². The van der Waals surface area contributed by atoms with Gasteiger partial charge >= 0.3 is 13.4 Å². The molecule has 28 heavy (non-hydrogen) atoms. The maximum absolute atomic E-state index is 13.2. The molecule has 2 aliphatic heterocycles. The molecule has 0 radical (unpaired) electrons. The Morgan fingerprint density at radius 1 is 1.11 bits per heavy atom. The summed E-state index contributed by atoms with van der Waals surface area (Å²) in [4.78, 5) is 10.9. The molecule has 148 valence electrons. The van der Waals surface area contributed by atoms with Gasteiger partial charge in [0.2, 0.25) is 5.75 Å². The molecule has 1 unspecified atom stereocenters. The van der Waals surface area contributed by atoms with Gasteiger partial charge in [-0.3, -0.25) is 19.2 Å². The molecule has 2 fully saturated rings. The monoisotopic (exact) mass is 423 g/mol. The lowest BCUT2D eigenvalue weighted by molar-refractivity contribution is -0.385. The van der Waals surface area contributed by atoms with Gasteiger partial charge in [0.15, 0.2) is 0 Å². The van der Waals surface area contributed by atoms with Gasteiger partial charge in [0.1, 0.15) is 5.75 Å². The molecule has 8 nitrogen and oxygen atoms in total. The molecule has 2 heterocycles. The third kappa shape index (κ3) is 4.06. The molecule has 0 N–H and O–H groups in total. The van der Waals surface area contributed by atoms with Gasteiger partial charge in [0.05, 0.1) is 11.0 Å². The van der Waals surface area contributed by atoms with Crippen LogP contribution in [0, 0.1) is 10.1 Å². The summed E-state index contributed by atoms with van der Waals surface area (Å²) in [6, 6.07) is 11.1. The zero-order valence-corrected chi connectivity index (χ0v) is 16.8. The van der Waals surface area contributed by atoms with Crippen molar-refractivity contribution >= 4 is 25.0 Å². The van der Waals surface area contributed by atoms with E-state index in [1.807, 2.05) is 9.34 Å². The summed E-state index contributed by atoms with van der Waals surface area (Å²) in [5, 5.41) is 11.9. The molecule has 0 amide bonds. The Labute approximate surface area is 167 Å². The second-order valence-corrected chi connectivity index (χ2v) is 9.45. The van der Waals surface area contributed by atoms with E-state index in [1.165, 1.54) is 6.07 Å². The first-order chi connectivity index (χ1) is 13.4. The van der Waals surface area contributed by atoms with Gasteiger partial charge in [-0.05, 0) is 48.9 Å². The number of nitrogens with zero attached hydrogens (tertiary/aromatic N) is 3. The summed E-state index contributed by atoms with van der Waals surface area (Å²) in [7, 11) is -3.00. The van der Waals surface area contributed by atoms with Gasteiger partial charge in [-0.25, -0.2) is 9.34 Å². The van der Waals surface area contributed by atoms with Crippen LogP contribution >= 0.6 is 19.3 Å². The summed E-state index contributed by atoms with van der Waals surface area (Å²) in [6.07, 6.45) is -0.514. The van der Waals surface area contributed by atoms with Crippen molar-refractivity contribution in [3.63, 3.8) is 0 Å². The lowest BCUT2D eigenvalue weighted by atomic mass is 10.1. The summed E-state index contributed by atoms with van der Waals surface area (Å²) >= 11 is 5.87. The molecular formula is C18H19ClN3O5P. The van der Waals surface area contributed by atoms with Crippen molar-refractivity contribution in [2.45, 2.75) is 13.0 Å². The molecule has 0 aromatic heterocycles. The quantitative estimate of drug-likeness (QED) is 0.259. The Hall–Kier alpha value is -1.96. The maximum atomic E-state index is 13.2. The number of rotatable bonds is 8. The average molecular weight is 424 g/mol. The Morgan fingerprint density at radius 2 is 1.71 bits per heavy atom. The van der Waals surface area contributed by atoms with E-state index in [0.717, 1.165) is 26.2 Å². The number of ether oxygens (including phenoxy) is 1. The molecular weight excluding hydrogens is 405 g/mol. The smallest absolute Gasteiger partial charge is 0.346 e. The van der Waals surface area contributed by atoms with Crippen molar-refractivity contribution < 1.29 is 18.7 Å². The van der Waals surface area contributed by atoms with Gasteiger partial charge in [-0.1, -0.05) is 11.6 Å². The predicted molar refractivity (Wildman–Crippen MR) is 105 cm³/mol. The highest BCUT2D eigenvalue weighted by Crippen LogP contribution is 2.63. The average Bonchev–Trinajstić information content (AvgIpc) is 3.55. The van der Waals surface area contributed by atoms with Crippen LogP contribution < -0.4 is 4.74 Å². The van der Waals surface area contributed by atoms with Crippen LogP contribution in [0.25, 0.3) is 0 Å². The molecule has 0 spiro atoms. The van der Waals surface area contributed by atoms with E-state index in [-0.39, 0.29) is 11.4 Å². The topological polar surface area (TPSA) is 84.7 Å². The fraction of sp³-hybridized carbons (Fsp3) is 0.333.